The van der Waals surface area contributed by atoms with Crippen LogP contribution in [-0.2, 0) is 6.42 Å². The van der Waals surface area contributed by atoms with Gasteiger partial charge in [0.15, 0.2) is 5.78 Å². The number of aryl methyl sites for hydroxylation is 1. The Balaban J connectivity index is 1.87. The number of halogens is 1. The Kier molecular flexibility index (Phi) is 3.72. The van der Waals surface area contributed by atoms with E-state index >= 15 is 0 Å². The first-order chi connectivity index (χ1) is 10.1. The number of fused-ring (bicyclic) bond motifs is 1. The molecule has 0 saturated carbocycles. The lowest BCUT2D eigenvalue weighted by Crippen LogP contribution is -2.03. The molecule has 0 spiro atoms. The predicted molar refractivity (Wildman–Crippen MR) is 86.0 cm³/mol. The van der Waals surface area contributed by atoms with Gasteiger partial charge in [-0.2, -0.15) is 0 Å². The van der Waals surface area contributed by atoms with Gasteiger partial charge >= 0.3 is 0 Å². The second-order valence-electron chi connectivity index (χ2n) is 5.09. The number of ketones is 1. The predicted octanol–water partition coefficient (Wildman–Crippen LogP) is 4.62. The van der Waals surface area contributed by atoms with Crippen LogP contribution in [0.5, 0.6) is 0 Å². The first kappa shape index (κ1) is 13.8. The van der Waals surface area contributed by atoms with Crippen LogP contribution in [0.15, 0.2) is 54.6 Å². The number of hydrogen-bond donors (Lipinski definition) is 0. The minimum Gasteiger partial charge on any atom is -0.294 e. The van der Waals surface area contributed by atoms with Gasteiger partial charge < -0.3 is 0 Å². The second kappa shape index (κ2) is 5.66. The lowest BCUT2D eigenvalue weighted by Gasteiger charge is -2.04. The van der Waals surface area contributed by atoms with E-state index < -0.39 is 0 Å². The fourth-order valence-corrected chi connectivity index (χ4v) is 2.42. The van der Waals surface area contributed by atoms with Crippen molar-refractivity contribution in [3.05, 3.63) is 76.4 Å². The highest BCUT2D eigenvalue weighted by atomic mass is 35.5. The number of Topliss-reactive ketones (excluding diaryl/α,β-unsaturated/α-hetero) is 1. The molecule has 0 amide bonds. The third-order valence-electron chi connectivity index (χ3n) is 3.43. The molecule has 1 aromatic heterocycles. The van der Waals surface area contributed by atoms with Crippen LogP contribution in [0.25, 0.3) is 10.9 Å². The molecule has 21 heavy (non-hydrogen) atoms. The van der Waals surface area contributed by atoms with Gasteiger partial charge in [0, 0.05) is 28.1 Å². The molecular formula is C18H14ClNO. The van der Waals surface area contributed by atoms with Crippen LogP contribution in [-0.4, -0.2) is 10.8 Å². The van der Waals surface area contributed by atoms with E-state index in [4.69, 9.17) is 11.6 Å². The summed E-state index contributed by atoms with van der Waals surface area (Å²) in [4.78, 5) is 16.8. The molecule has 1 heterocycles. The Labute approximate surface area is 128 Å². The third-order valence-corrected chi connectivity index (χ3v) is 3.68. The van der Waals surface area contributed by atoms with Gasteiger partial charge in [-0.3, -0.25) is 9.78 Å². The maximum absolute atomic E-state index is 12.4. The van der Waals surface area contributed by atoms with E-state index in [9.17, 15) is 4.79 Å². The molecule has 0 aliphatic heterocycles. The van der Waals surface area contributed by atoms with E-state index in [0.717, 1.165) is 22.2 Å². The van der Waals surface area contributed by atoms with Crippen LogP contribution in [0.3, 0.4) is 0 Å². The highest BCUT2D eigenvalue weighted by Crippen LogP contribution is 2.17. The molecule has 0 fully saturated rings. The fourth-order valence-electron chi connectivity index (χ4n) is 2.29. The van der Waals surface area contributed by atoms with Crippen molar-refractivity contribution >= 4 is 28.3 Å². The quantitative estimate of drug-likeness (QED) is 0.660. The molecule has 104 valence electrons. The zero-order valence-electron chi connectivity index (χ0n) is 11.6. The lowest BCUT2D eigenvalue weighted by molar-refractivity contribution is 0.0993. The van der Waals surface area contributed by atoms with Gasteiger partial charge in [-0.05, 0) is 48.9 Å². The van der Waals surface area contributed by atoms with Crippen LogP contribution >= 0.6 is 11.6 Å². The van der Waals surface area contributed by atoms with Crippen molar-refractivity contribution in [3.63, 3.8) is 0 Å². The number of nitrogens with zero attached hydrogens (tertiary/aromatic N) is 1. The maximum Gasteiger partial charge on any atom is 0.167 e. The average Bonchev–Trinajstić information content (AvgIpc) is 2.49. The molecule has 0 unspecified atom stereocenters. The van der Waals surface area contributed by atoms with Crippen molar-refractivity contribution in [1.82, 2.24) is 4.98 Å². The molecule has 0 bridgehead atoms. The first-order valence-corrected chi connectivity index (χ1v) is 7.15. The Morgan fingerprint density at radius 1 is 1.05 bits per heavy atom. The molecule has 3 rings (SSSR count). The summed E-state index contributed by atoms with van der Waals surface area (Å²) in [5.41, 5.74) is 3.57. The maximum atomic E-state index is 12.4. The number of carbonyl (C=O) groups excluding carboxylic acids is 1. The number of rotatable bonds is 3. The summed E-state index contributed by atoms with van der Waals surface area (Å²) in [7, 11) is 0. The molecule has 0 atom stereocenters. The Hall–Kier alpha value is -2.19. The van der Waals surface area contributed by atoms with Crippen molar-refractivity contribution in [2.75, 3.05) is 0 Å². The number of aromatic nitrogens is 1. The van der Waals surface area contributed by atoms with Crippen LogP contribution in [0, 0.1) is 6.92 Å². The van der Waals surface area contributed by atoms with Crippen LogP contribution < -0.4 is 0 Å². The van der Waals surface area contributed by atoms with Gasteiger partial charge in [-0.15, -0.1) is 0 Å². The summed E-state index contributed by atoms with van der Waals surface area (Å²) in [6, 6.07) is 17.0. The minimum absolute atomic E-state index is 0.0970. The highest BCUT2D eigenvalue weighted by molar-refractivity contribution is 6.30. The Morgan fingerprint density at radius 2 is 1.81 bits per heavy atom. The number of benzene rings is 2. The van der Waals surface area contributed by atoms with E-state index in [2.05, 4.69) is 4.98 Å². The second-order valence-corrected chi connectivity index (χ2v) is 5.52. The van der Waals surface area contributed by atoms with E-state index in [1.54, 1.807) is 12.1 Å². The molecule has 3 aromatic rings. The van der Waals surface area contributed by atoms with Crippen molar-refractivity contribution in [2.45, 2.75) is 13.3 Å². The van der Waals surface area contributed by atoms with Crippen LogP contribution in [0.1, 0.15) is 21.6 Å². The summed E-state index contributed by atoms with van der Waals surface area (Å²) in [5, 5.41) is 1.67. The molecule has 0 aliphatic rings. The summed E-state index contributed by atoms with van der Waals surface area (Å²) in [5.74, 6) is 0.0970. The van der Waals surface area contributed by atoms with Gasteiger partial charge in [0.05, 0.1) is 5.52 Å². The summed E-state index contributed by atoms with van der Waals surface area (Å²) >= 11 is 5.85. The average molecular weight is 296 g/mol. The van der Waals surface area contributed by atoms with E-state index in [1.807, 2.05) is 49.4 Å². The Bertz CT molecular complexity index is 809. The number of pyridine rings is 1. The molecule has 2 aromatic carbocycles. The smallest absolute Gasteiger partial charge is 0.167 e. The molecule has 2 nitrogen and oxygen atoms in total. The zero-order valence-corrected chi connectivity index (χ0v) is 12.4. The van der Waals surface area contributed by atoms with E-state index in [-0.39, 0.29) is 5.78 Å². The molecule has 0 radical (unpaired) electrons. The lowest BCUT2D eigenvalue weighted by atomic mass is 10.0. The van der Waals surface area contributed by atoms with Gasteiger partial charge in [0.25, 0.3) is 0 Å². The number of carbonyl (C=O) groups is 1. The van der Waals surface area contributed by atoms with Gasteiger partial charge in [0.2, 0.25) is 0 Å². The standard InChI is InChI=1S/C18H14ClNO/c1-12-2-5-14-11-15(6-9-17(14)20-12)18(21)10-13-3-7-16(19)8-4-13/h2-9,11H,10H2,1H3. The van der Waals surface area contributed by atoms with Gasteiger partial charge in [-0.1, -0.05) is 29.8 Å². The van der Waals surface area contributed by atoms with Crippen LogP contribution in [0.2, 0.25) is 5.02 Å². The van der Waals surface area contributed by atoms with E-state index in [1.165, 1.54) is 0 Å². The van der Waals surface area contributed by atoms with Crippen molar-refractivity contribution in [1.29, 1.82) is 0 Å². The van der Waals surface area contributed by atoms with Crippen molar-refractivity contribution < 1.29 is 4.79 Å². The summed E-state index contributed by atoms with van der Waals surface area (Å²) in [6.07, 6.45) is 0.377. The molecular weight excluding hydrogens is 282 g/mol. The summed E-state index contributed by atoms with van der Waals surface area (Å²) < 4.78 is 0. The zero-order chi connectivity index (χ0) is 14.8. The molecule has 0 saturated heterocycles. The van der Waals surface area contributed by atoms with Gasteiger partial charge in [-0.25, -0.2) is 0 Å². The molecule has 3 heteroatoms. The summed E-state index contributed by atoms with van der Waals surface area (Å²) in [6.45, 7) is 1.96. The minimum atomic E-state index is 0.0970. The monoisotopic (exact) mass is 295 g/mol. The van der Waals surface area contributed by atoms with Crippen LogP contribution in [0.4, 0.5) is 0 Å². The number of hydrogen-bond acceptors (Lipinski definition) is 2. The van der Waals surface area contributed by atoms with E-state index in [0.29, 0.717) is 17.0 Å². The molecule has 0 N–H and O–H groups in total. The normalized spacial score (nSPS) is 10.8. The largest absolute Gasteiger partial charge is 0.294 e. The van der Waals surface area contributed by atoms with Crippen molar-refractivity contribution in [2.24, 2.45) is 0 Å². The molecule has 0 aliphatic carbocycles. The first-order valence-electron chi connectivity index (χ1n) is 6.77. The SMILES string of the molecule is Cc1ccc2cc(C(=O)Cc3ccc(Cl)cc3)ccc2n1. The fraction of sp³-hybridized carbons (Fsp3) is 0.111. The Morgan fingerprint density at radius 3 is 2.57 bits per heavy atom. The topological polar surface area (TPSA) is 30.0 Å². The third kappa shape index (κ3) is 3.11. The highest BCUT2D eigenvalue weighted by Gasteiger charge is 2.08. The van der Waals surface area contributed by atoms with Gasteiger partial charge in [0.1, 0.15) is 0 Å². The van der Waals surface area contributed by atoms with Crippen molar-refractivity contribution in [3.8, 4) is 0 Å².